The van der Waals surface area contributed by atoms with E-state index in [1.165, 1.54) is 0 Å². The van der Waals surface area contributed by atoms with Gasteiger partial charge in [-0.05, 0) is 41.1 Å². The Hall–Kier alpha value is -0.330. The van der Waals surface area contributed by atoms with Crippen molar-refractivity contribution in [2.75, 3.05) is 38.3 Å². The number of hydrogen-bond donors (Lipinski definition) is 2. The molecular formula is C13H19BrClNO3. The summed E-state index contributed by atoms with van der Waals surface area (Å²) in [6.07, 6.45) is -0.566. The maximum atomic E-state index is 9.72. The quantitative estimate of drug-likeness (QED) is 0.671. The highest BCUT2D eigenvalue weighted by atomic mass is 79.9. The molecule has 1 rings (SSSR count). The fourth-order valence-corrected chi connectivity index (χ4v) is 1.81. The van der Waals surface area contributed by atoms with E-state index in [0.29, 0.717) is 31.4 Å². The SMILES string of the molecule is CCOCCOCC(O)CNc1ccc(Br)c(Cl)c1. The van der Waals surface area contributed by atoms with E-state index in [1.54, 1.807) is 6.07 Å². The van der Waals surface area contributed by atoms with Gasteiger partial charge in [-0.25, -0.2) is 0 Å². The number of benzene rings is 1. The molecule has 0 aliphatic heterocycles. The molecule has 19 heavy (non-hydrogen) atoms. The van der Waals surface area contributed by atoms with Crippen LogP contribution in [0.4, 0.5) is 5.69 Å². The van der Waals surface area contributed by atoms with Gasteiger partial charge in [0.05, 0.1) is 30.9 Å². The van der Waals surface area contributed by atoms with E-state index in [2.05, 4.69) is 21.2 Å². The van der Waals surface area contributed by atoms with Gasteiger partial charge in [0.25, 0.3) is 0 Å². The Labute approximate surface area is 127 Å². The van der Waals surface area contributed by atoms with E-state index >= 15 is 0 Å². The zero-order valence-electron chi connectivity index (χ0n) is 10.9. The Morgan fingerprint density at radius 1 is 1.37 bits per heavy atom. The summed E-state index contributed by atoms with van der Waals surface area (Å²) in [6, 6.07) is 5.54. The molecule has 0 aromatic heterocycles. The van der Waals surface area contributed by atoms with Gasteiger partial charge >= 0.3 is 0 Å². The average Bonchev–Trinajstić information content (AvgIpc) is 2.40. The normalized spacial score (nSPS) is 12.4. The third-order valence-electron chi connectivity index (χ3n) is 2.35. The molecule has 0 spiro atoms. The van der Waals surface area contributed by atoms with Crippen LogP contribution in [0.25, 0.3) is 0 Å². The maximum Gasteiger partial charge on any atom is 0.0945 e. The van der Waals surface area contributed by atoms with E-state index in [-0.39, 0.29) is 6.61 Å². The highest BCUT2D eigenvalue weighted by Gasteiger charge is 2.05. The summed E-state index contributed by atoms with van der Waals surface area (Å²) in [5, 5.41) is 13.5. The van der Waals surface area contributed by atoms with Crippen molar-refractivity contribution in [1.29, 1.82) is 0 Å². The van der Waals surface area contributed by atoms with Crippen molar-refractivity contribution >= 4 is 33.2 Å². The molecule has 0 saturated heterocycles. The molecule has 1 aromatic rings. The summed E-state index contributed by atoms with van der Waals surface area (Å²) < 4.78 is 11.3. The Balaban J connectivity index is 2.18. The predicted molar refractivity (Wildman–Crippen MR) is 81.0 cm³/mol. The summed E-state index contributed by atoms with van der Waals surface area (Å²) in [5.74, 6) is 0. The molecule has 1 aromatic carbocycles. The van der Waals surface area contributed by atoms with Crippen LogP contribution in [0.2, 0.25) is 5.02 Å². The lowest BCUT2D eigenvalue weighted by molar-refractivity contribution is 0.0103. The fraction of sp³-hybridized carbons (Fsp3) is 0.538. The van der Waals surface area contributed by atoms with Crippen molar-refractivity contribution in [2.45, 2.75) is 13.0 Å². The van der Waals surface area contributed by atoms with Crippen LogP contribution in [0.3, 0.4) is 0 Å². The van der Waals surface area contributed by atoms with Gasteiger partial charge in [0, 0.05) is 23.3 Å². The number of anilines is 1. The molecule has 0 aliphatic rings. The molecule has 0 radical (unpaired) electrons. The first-order chi connectivity index (χ1) is 9.13. The third-order valence-corrected chi connectivity index (χ3v) is 3.58. The molecule has 0 fully saturated rings. The summed E-state index contributed by atoms with van der Waals surface area (Å²) in [4.78, 5) is 0. The van der Waals surface area contributed by atoms with E-state index in [9.17, 15) is 5.11 Å². The Morgan fingerprint density at radius 2 is 2.11 bits per heavy atom. The largest absolute Gasteiger partial charge is 0.389 e. The Bertz CT molecular complexity index is 379. The second-order valence-corrected chi connectivity index (χ2v) is 5.20. The number of aliphatic hydroxyl groups excluding tert-OH is 1. The maximum absolute atomic E-state index is 9.72. The molecule has 0 bridgehead atoms. The lowest BCUT2D eigenvalue weighted by Gasteiger charge is -2.13. The minimum absolute atomic E-state index is 0.282. The molecule has 0 aliphatic carbocycles. The van der Waals surface area contributed by atoms with E-state index in [4.69, 9.17) is 21.1 Å². The van der Waals surface area contributed by atoms with Crippen LogP contribution in [-0.4, -0.2) is 44.2 Å². The molecule has 108 valence electrons. The molecule has 0 amide bonds. The van der Waals surface area contributed by atoms with Crippen molar-refractivity contribution in [1.82, 2.24) is 0 Å². The summed E-state index contributed by atoms with van der Waals surface area (Å²) in [5.41, 5.74) is 0.863. The van der Waals surface area contributed by atoms with Crippen molar-refractivity contribution in [2.24, 2.45) is 0 Å². The Morgan fingerprint density at radius 3 is 2.79 bits per heavy atom. The van der Waals surface area contributed by atoms with Crippen molar-refractivity contribution < 1.29 is 14.6 Å². The second-order valence-electron chi connectivity index (χ2n) is 3.94. The second kappa shape index (κ2) is 9.55. The topological polar surface area (TPSA) is 50.7 Å². The van der Waals surface area contributed by atoms with E-state index in [1.807, 2.05) is 19.1 Å². The van der Waals surface area contributed by atoms with E-state index in [0.717, 1.165) is 10.2 Å². The van der Waals surface area contributed by atoms with Gasteiger partial charge in [0.15, 0.2) is 0 Å². The van der Waals surface area contributed by atoms with Crippen LogP contribution in [0.5, 0.6) is 0 Å². The number of ether oxygens (including phenoxy) is 2. The van der Waals surface area contributed by atoms with Gasteiger partial charge in [0.2, 0.25) is 0 Å². The van der Waals surface area contributed by atoms with Crippen molar-refractivity contribution in [3.8, 4) is 0 Å². The fourth-order valence-electron chi connectivity index (χ4n) is 1.38. The smallest absolute Gasteiger partial charge is 0.0945 e. The van der Waals surface area contributed by atoms with Crippen molar-refractivity contribution in [3.05, 3.63) is 27.7 Å². The summed E-state index contributed by atoms with van der Waals surface area (Å²) in [6.45, 7) is 4.35. The first kappa shape index (κ1) is 16.7. The highest BCUT2D eigenvalue weighted by molar-refractivity contribution is 9.10. The molecule has 1 unspecified atom stereocenters. The molecule has 0 heterocycles. The highest BCUT2D eigenvalue weighted by Crippen LogP contribution is 2.25. The lowest BCUT2D eigenvalue weighted by atomic mass is 10.3. The van der Waals surface area contributed by atoms with Crippen LogP contribution in [-0.2, 0) is 9.47 Å². The summed E-state index contributed by atoms with van der Waals surface area (Å²) in [7, 11) is 0. The molecule has 6 heteroatoms. The standard InChI is InChI=1S/C13H19BrClNO3/c1-2-18-5-6-19-9-11(17)8-16-10-3-4-12(14)13(15)7-10/h3-4,7,11,16-17H,2,5-6,8-9H2,1H3. The number of hydrogen-bond acceptors (Lipinski definition) is 4. The van der Waals surface area contributed by atoms with Gasteiger partial charge in [-0.15, -0.1) is 0 Å². The minimum atomic E-state index is -0.566. The molecule has 4 nitrogen and oxygen atoms in total. The van der Waals surface area contributed by atoms with E-state index < -0.39 is 6.10 Å². The van der Waals surface area contributed by atoms with Crippen LogP contribution in [0.1, 0.15) is 6.92 Å². The molecular weight excluding hydrogens is 334 g/mol. The number of rotatable bonds is 9. The van der Waals surface area contributed by atoms with Crippen LogP contribution >= 0.6 is 27.5 Å². The summed E-state index contributed by atoms with van der Waals surface area (Å²) >= 11 is 9.30. The van der Waals surface area contributed by atoms with Crippen molar-refractivity contribution in [3.63, 3.8) is 0 Å². The number of nitrogens with one attached hydrogen (secondary N) is 1. The van der Waals surface area contributed by atoms with Gasteiger partial charge in [-0.1, -0.05) is 11.6 Å². The zero-order valence-corrected chi connectivity index (χ0v) is 13.2. The minimum Gasteiger partial charge on any atom is -0.389 e. The van der Waals surface area contributed by atoms with Gasteiger partial charge in [-0.2, -0.15) is 0 Å². The van der Waals surface area contributed by atoms with Crippen LogP contribution < -0.4 is 5.32 Å². The van der Waals surface area contributed by atoms with Crippen LogP contribution in [0.15, 0.2) is 22.7 Å². The van der Waals surface area contributed by atoms with Gasteiger partial charge in [0.1, 0.15) is 0 Å². The van der Waals surface area contributed by atoms with Gasteiger partial charge < -0.3 is 19.9 Å². The monoisotopic (exact) mass is 351 g/mol. The number of halogens is 2. The molecule has 2 N–H and O–H groups in total. The third kappa shape index (κ3) is 7.13. The Kier molecular flexibility index (Phi) is 8.41. The molecule has 0 saturated carbocycles. The molecule has 1 atom stereocenters. The first-order valence-electron chi connectivity index (χ1n) is 6.16. The van der Waals surface area contributed by atoms with Crippen LogP contribution in [0, 0.1) is 0 Å². The number of aliphatic hydroxyl groups is 1. The first-order valence-corrected chi connectivity index (χ1v) is 7.33. The predicted octanol–water partition coefficient (Wildman–Crippen LogP) is 2.93. The average molecular weight is 353 g/mol. The lowest BCUT2D eigenvalue weighted by Crippen LogP contribution is -2.25. The zero-order chi connectivity index (χ0) is 14.1. The van der Waals surface area contributed by atoms with Gasteiger partial charge in [-0.3, -0.25) is 0 Å².